The van der Waals surface area contributed by atoms with Gasteiger partial charge in [-0.2, -0.15) is 18.3 Å². The number of urea groups is 1. The lowest BCUT2D eigenvalue weighted by atomic mass is 9.85. The number of piperidine rings is 1. The molecule has 0 spiro atoms. The Morgan fingerprint density at radius 3 is 1.97 bits per heavy atom. The molecule has 3 aromatic rings. The SMILES string of the molecule is COc1ccc(-c2c(C(F)(F)F)c(C3(O)CCN(C(=O)N(C)O)CC3)nn2-c2ccc(OC)cc2)cc1. The molecule has 198 valence electrons. The van der Waals surface area contributed by atoms with E-state index in [4.69, 9.17) is 9.47 Å². The summed E-state index contributed by atoms with van der Waals surface area (Å²) in [5.41, 5.74) is -3.23. The number of carbonyl (C=O) groups is 1. The molecule has 1 saturated heterocycles. The number of aromatic nitrogens is 2. The summed E-state index contributed by atoms with van der Waals surface area (Å²) < 4.78 is 55.6. The summed E-state index contributed by atoms with van der Waals surface area (Å²) in [5.74, 6) is 0.986. The average molecular weight is 521 g/mol. The Morgan fingerprint density at radius 1 is 1.00 bits per heavy atom. The molecule has 1 aliphatic rings. The van der Waals surface area contributed by atoms with Crippen LogP contribution in [0.3, 0.4) is 0 Å². The van der Waals surface area contributed by atoms with Crippen LogP contribution in [0.15, 0.2) is 48.5 Å². The highest BCUT2D eigenvalue weighted by Crippen LogP contribution is 2.46. The number of alkyl halides is 3. The molecule has 37 heavy (non-hydrogen) atoms. The van der Waals surface area contributed by atoms with Crippen molar-refractivity contribution in [3.63, 3.8) is 0 Å². The van der Waals surface area contributed by atoms with Crippen molar-refractivity contribution in [3.8, 4) is 28.4 Å². The van der Waals surface area contributed by atoms with E-state index in [1.165, 1.54) is 31.3 Å². The summed E-state index contributed by atoms with van der Waals surface area (Å²) in [6.07, 6.45) is -5.25. The van der Waals surface area contributed by atoms with Crippen LogP contribution >= 0.6 is 0 Å². The minimum absolute atomic E-state index is 0.0647. The zero-order valence-corrected chi connectivity index (χ0v) is 20.5. The Kier molecular flexibility index (Phi) is 7.07. The first kappa shape index (κ1) is 26.3. The Balaban J connectivity index is 1.89. The standard InChI is InChI=1S/C25H27F3N4O5/c1-30(35)23(33)31-14-12-24(34,13-15-31)22-20(25(26,27)28)21(16-4-8-18(36-2)9-5-16)32(29-22)17-6-10-19(37-3)11-7-17/h4-11,34-35H,12-15H2,1-3H3. The van der Waals surface area contributed by atoms with Crippen molar-refractivity contribution in [1.82, 2.24) is 19.7 Å². The van der Waals surface area contributed by atoms with E-state index in [9.17, 15) is 28.3 Å². The van der Waals surface area contributed by atoms with Gasteiger partial charge in [0, 0.05) is 25.7 Å². The highest BCUT2D eigenvalue weighted by atomic mass is 19.4. The fourth-order valence-electron chi connectivity index (χ4n) is 4.45. The second-order valence-corrected chi connectivity index (χ2v) is 8.73. The molecular formula is C25H27F3N4O5. The van der Waals surface area contributed by atoms with E-state index in [2.05, 4.69) is 5.10 Å². The minimum atomic E-state index is -4.86. The molecule has 2 heterocycles. The molecule has 12 heteroatoms. The van der Waals surface area contributed by atoms with Crippen LogP contribution in [0.4, 0.5) is 18.0 Å². The summed E-state index contributed by atoms with van der Waals surface area (Å²) in [6.45, 7) is -0.129. The van der Waals surface area contributed by atoms with Crippen LogP contribution in [0.1, 0.15) is 24.1 Å². The van der Waals surface area contributed by atoms with Crippen LogP contribution in [0, 0.1) is 0 Å². The van der Waals surface area contributed by atoms with E-state index in [1.807, 2.05) is 0 Å². The number of halogens is 3. The lowest BCUT2D eigenvalue weighted by Gasteiger charge is -2.38. The number of methoxy groups -OCH3 is 2. The van der Waals surface area contributed by atoms with Gasteiger partial charge in [0.15, 0.2) is 0 Å². The normalized spacial score (nSPS) is 15.4. The first-order chi connectivity index (χ1) is 17.5. The number of likely N-dealkylation sites (tertiary alicyclic amines) is 1. The first-order valence-corrected chi connectivity index (χ1v) is 11.4. The summed E-state index contributed by atoms with van der Waals surface area (Å²) in [4.78, 5) is 13.4. The van der Waals surface area contributed by atoms with E-state index in [0.717, 1.165) is 11.7 Å². The second kappa shape index (κ2) is 9.94. The number of benzene rings is 2. The van der Waals surface area contributed by atoms with Crippen LogP contribution in [0.25, 0.3) is 16.9 Å². The average Bonchev–Trinajstić information content (AvgIpc) is 3.31. The van der Waals surface area contributed by atoms with Gasteiger partial charge in [-0.3, -0.25) is 5.21 Å². The Hall–Kier alpha value is -3.77. The highest BCUT2D eigenvalue weighted by molar-refractivity contribution is 5.73. The number of carbonyl (C=O) groups excluding carboxylic acids is 1. The van der Waals surface area contributed by atoms with Gasteiger partial charge in [0.2, 0.25) is 0 Å². The third-order valence-corrected chi connectivity index (χ3v) is 6.43. The topological polar surface area (TPSA) is 100 Å². The number of aliphatic hydroxyl groups is 1. The van der Waals surface area contributed by atoms with Crippen molar-refractivity contribution in [3.05, 3.63) is 59.8 Å². The number of rotatable bonds is 5. The quantitative estimate of drug-likeness (QED) is 0.385. The molecule has 0 aliphatic carbocycles. The lowest BCUT2D eigenvalue weighted by Crippen LogP contribution is -2.49. The third-order valence-electron chi connectivity index (χ3n) is 6.43. The molecule has 2 N–H and O–H groups in total. The van der Waals surface area contributed by atoms with E-state index < -0.39 is 29.1 Å². The molecule has 1 aliphatic heterocycles. The minimum Gasteiger partial charge on any atom is -0.497 e. The number of hydroxylamine groups is 2. The van der Waals surface area contributed by atoms with E-state index in [-0.39, 0.29) is 37.2 Å². The van der Waals surface area contributed by atoms with Gasteiger partial charge in [-0.1, -0.05) is 0 Å². The molecule has 0 radical (unpaired) electrons. The van der Waals surface area contributed by atoms with E-state index >= 15 is 0 Å². The van der Waals surface area contributed by atoms with Crippen molar-refractivity contribution in [1.29, 1.82) is 0 Å². The molecule has 9 nitrogen and oxygen atoms in total. The number of hydrogen-bond donors (Lipinski definition) is 2. The van der Waals surface area contributed by atoms with Crippen molar-refractivity contribution in [2.75, 3.05) is 34.4 Å². The van der Waals surface area contributed by atoms with E-state index in [0.29, 0.717) is 22.2 Å². The molecule has 0 saturated carbocycles. The number of amides is 2. The predicted octanol–water partition coefficient (Wildman–Crippen LogP) is 4.30. The largest absolute Gasteiger partial charge is 0.497 e. The van der Waals surface area contributed by atoms with Gasteiger partial charge in [-0.15, -0.1) is 0 Å². The summed E-state index contributed by atoms with van der Waals surface area (Å²) in [5, 5.41) is 25.7. The Bertz CT molecular complexity index is 1250. The van der Waals surface area contributed by atoms with Gasteiger partial charge >= 0.3 is 12.2 Å². The first-order valence-electron chi connectivity index (χ1n) is 11.4. The summed E-state index contributed by atoms with van der Waals surface area (Å²) in [6, 6.07) is 11.7. The predicted molar refractivity (Wildman–Crippen MR) is 127 cm³/mol. The monoisotopic (exact) mass is 520 g/mol. The molecule has 0 atom stereocenters. The molecule has 0 unspecified atom stereocenters. The van der Waals surface area contributed by atoms with Gasteiger partial charge in [0.25, 0.3) is 0 Å². The highest BCUT2D eigenvalue weighted by Gasteiger charge is 2.48. The van der Waals surface area contributed by atoms with Crippen LogP contribution in [-0.2, 0) is 11.8 Å². The van der Waals surface area contributed by atoms with Gasteiger partial charge in [0.05, 0.1) is 25.6 Å². The summed E-state index contributed by atoms with van der Waals surface area (Å²) in [7, 11) is 4.09. The second-order valence-electron chi connectivity index (χ2n) is 8.73. The van der Waals surface area contributed by atoms with Gasteiger partial charge in [-0.05, 0) is 61.4 Å². The molecule has 4 rings (SSSR count). The Morgan fingerprint density at radius 2 is 1.51 bits per heavy atom. The van der Waals surface area contributed by atoms with Gasteiger partial charge < -0.3 is 19.5 Å². The fraction of sp³-hybridized carbons (Fsp3) is 0.360. The molecule has 2 amide bonds. The zero-order valence-electron chi connectivity index (χ0n) is 20.5. The maximum Gasteiger partial charge on any atom is 0.420 e. The van der Waals surface area contributed by atoms with Crippen molar-refractivity contribution >= 4 is 6.03 Å². The van der Waals surface area contributed by atoms with Gasteiger partial charge in [0.1, 0.15) is 28.4 Å². The van der Waals surface area contributed by atoms with Crippen molar-refractivity contribution in [2.24, 2.45) is 0 Å². The maximum absolute atomic E-state index is 14.7. The third kappa shape index (κ3) is 5.07. The smallest absolute Gasteiger partial charge is 0.420 e. The lowest BCUT2D eigenvalue weighted by molar-refractivity contribution is -0.141. The molecule has 2 aromatic carbocycles. The number of hydrogen-bond acceptors (Lipinski definition) is 6. The molecule has 0 bridgehead atoms. The summed E-state index contributed by atoms with van der Waals surface area (Å²) >= 11 is 0. The fourth-order valence-corrected chi connectivity index (χ4v) is 4.45. The Labute approximate surface area is 211 Å². The molecule has 1 aromatic heterocycles. The zero-order chi connectivity index (χ0) is 27.0. The van der Waals surface area contributed by atoms with Crippen molar-refractivity contribution in [2.45, 2.75) is 24.6 Å². The van der Waals surface area contributed by atoms with Gasteiger partial charge in [-0.25, -0.2) is 14.5 Å². The molecule has 1 fully saturated rings. The molecular weight excluding hydrogens is 493 g/mol. The van der Waals surface area contributed by atoms with Crippen LogP contribution in [0.2, 0.25) is 0 Å². The number of nitrogens with zero attached hydrogens (tertiary/aromatic N) is 4. The van der Waals surface area contributed by atoms with Crippen LogP contribution in [0.5, 0.6) is 11.5 Å². The maximum atomic E-state index is 14.7. The number of ether oxygens (including phenoxy) is 2. The van der Waals surface area contributed by atoms with Crippen LogP contribution in [-0.4, -0.2) is 70.4 Å². The van der Waals surface area contributed by atoms with E-state index in [1.54, 1.807) is 36.4 Å². The van der Waals surface area contributed by atoms with Crippen LogP contribution < -0.4 is 9.47 Å². The van der Waals surface area contributed by atoms with Crippen molar-refractivity contribution < 1.29 is 37.8 Å².